The number of carbonyl (C=O) groups is 1. The Bertz CT molecular complexity index is 1280. The zero-order chi connectivity index (χ0) is 24.1. The summed E-state index contributed by atoms with van der Waals surface area (Å²) in [7, 11) is 1.63. The SMILES string of the molecule is COc1ccc(OCc2ccc(C(=O)Nc3c(C)nn(Cc4cccc(Cl)c4)c3C)cc2)cc1. The molecule has 4 rings (SSSR count). The second-order valence-corrected chi connectivity index (χ2v) is 8.39. The number of anilines is 1. The lowest BCUT2D eigenvalue weighted by Crippen LogP contribution is -2.13. The molecule has 7 heteroatoms. The minimum absolute atomic E-state index is 0.184. The first-order chi connectivity index (χ1) is 16.4. The third-order valence-electron chi connectivity index (χ3n) is 5.52. The first-order valence-electron chi connectivity index (χ1n) is 10.9. The van der Waals surface area contributed by atoms with Gasteiger partial charge in [0.05, 0.1) is 30.7 Å². The van der Waals surface area contributed by atoms with E-state index in [1.807, 2.05) is 79.2 Å². The molecule has 0 spiro atoms. The quantitative estimate of drug-likeness (QED) is 0.337. The maximum atomic E-state index is 12.9. The third-order valence-corrected chi connectivity index (χ3v) is 5.76. The van der Waals surface area contributed by atoms with E-state index in [9.17, 15) is 4.79 Å². The lowest BCUT2D eigenvalue weighted by molar-refractivity contribution is 0.102. The summed E-state index contributed by atoms with van der Waals surface area (Å²) in [6.07, 6.45) is 0. The maximum absolute atomic E-state index is 12.9. The van der Waals surface area contributed by atoms with E-state index in [1.54, 1.807) is 19.2 Å². The highest BCUT2D eigenvalue weighted by Gasteiger charge is 2.16. The fourth-order valence-electron chi connectivity index (χ4n) is 3.62. The summed E-state index contributed by atoms with van der Waals surface area (Å²) in [5.74, 6) is 1.35. The molecule has 0 bridgehead atoms. The van der Waals surface area contributed by atoms with Crippen LogP contribution in [-0.2, 0) is 13.2 Å². The number of ether oxygens (including phenoxy) is 2. The Morgan fingerprint density at radius 1 is 0.971 bits per heavy atom. The van der Waals surface area contributed by atoms with E-state index in [4.69, 9.17) is 21.1 Å². The summed E-state index contributed by atoms with van der Waals surface area (Å²) >= 11 is 6.10. The van der Waals surface area contributed by atoms with Gasteiger partial charge in [0.2, 0.25) is 0 Å². The van der Waals surface area contributed by atoms with Gasteiger partial charge in [0.25, 0.3) is 5.91 Å². The summed E-state index contributed by atoms with van der Waals surface area (Å²) in [5.41, 5.74) is 4.94. The molecule has 34 heavy (non-hydrogen) atoms. The number of rotatable bonds is 8. The molecule has 0 radical (unpaired) electrons. The first kappa shape index (κ1) is 23.4. The van der Waals surface area contributed by atoms with Crippen molar-refractivity contribution in [3.05, 3.63) is 106 Å². The summed E-state index contributed by atoms with van der Waals surface area (Å²) in [5, 5.41) is 8.29. The Morgan fingerprint density at radius 2 is 1.68 bits per heavy atom. The average Bonchev–Trinajstić information content (AvgIpc) is 3.10. The topological polar surface area (TPSA) is 65.4 Å². The van der Waals surface area contributed by atoms with Crippen molar-refractivity contribution >= 4 is 23.2 Å². The van der Waals surface area contributed by atoms with Crippen LogP contribution in [0, 0.1) is 13.8 Å². The van der Waals surface area contributed by atoms with E-state index in [2.05, 4.69) is 10.4 Å². The largest absolute Gasteiger partial charge is 0.497 e. The van der Waals surface area contributed by atoms with E-state index in [0.29, 0.717) is 23.7 Å². The van der Waals surface area contributed by atoms with Gasteiger partial charge in [-0.05, 0) is 73.5 Å². The van der Waals surface area contributed by atoms with Crippen molar-refractivity contribution in [3.63, 3.8) is 0 Å². The Balaban J connectivity index is 1.39. The number of nitrogens with zero attached hydrogens (tertiary/aromatic N) is 2. The van der Waals surface area contributed by atoms with Gasteiger partial charge in [-0.15, -0.1) is 0 Å². The van der Waals surface area contributed by atoms with E-state index >= 15 is 0 Å². The molecule has 3 aromatic carbocycles. The molecule has 1 N–H and O–H groups in total. The van der Waals surface area contributed by atoms with Crippen LogP contribution in [-0.4, -0.2) is 22.8 Å². The van der Waals surface area contributed by atoms with Crippen LogP contribution in [0.3, 0.4) is 0 Å². The predicted octanol–water partition coefficient (Wildman–Crippen LogP) is 6.04. The van der Waals surface area contributed by atoms with Gasteiger partial charge in [-0.1, -0.05) is 35.9 Å². The molecule has 1 heterocycles. The van der Waals surface area contributed by atoms with Crippen LogP contribution in [0.15, 0.2) is 72.8 Å². The standard InChI is InChI=1S/C27H26ClN3O3/c1-18-26(19(2)31(30-18)16-21-5-4-6-23(28)15-21)29-27(32)22-9-7-20(8-10-22)17-34-25-13-11-24(33-3)12-14-25/h4-15H,16-17H2,1-3H3,(H,29,32). The second-order valence-electron chi connectivity index (χ2n) is 7.95. The van der Waals surface area contributed by atoms with Gasteiger partial charge in [0.1, 0.15) is 18.1 Å². The molecule has 0 fully saturated rings. The molecular weight excluding hydrogens is 450 g/mol. The highest BCUT2D eigenvalue weighted by molar-refractivity contribution is 6.30. The molecule has 4 aromatic rings. The van der Waals surface area contributed by atoms with Crippen molar-refractivity contribution in [2.24, 2.45) is 0 Å². The van der Waals surface area contributed by atoms with E-state index < -0.39 is 0 Å². The van der Waals surface area contributed by atoms with Crippen molar-refractivity contribution in [3.8, 4) is 11.5 Å². The molecule has 1 amide bonds. The Hall–Kier alpha value is -3.77. The molecular formula is C27H26ClN3O3. The van der Waals surface area contributed by atoms with Gasteiger partial charge >= 0.3 is 0 Å². The van der Waals surface area contributed by atoms with Gasteiger partial charge in [0.15, 0.2) is 0 Å². The molecule has 0 atom stereocenters. The number of methoxy groups -OCH3 is 1. The van der Waals surface area contributed by atoms with Crippen LogP contribution in [0.1, 0.15) is 32.9 Å². The Morgan fingerprint density at radius 3 is 2.35 bits per heavy atom. The highest BCUT2D eigenvalue weighted by atomic mass is 35.5. The molecule has 0 aliphatic rings. The van der Waals surface area contributed by atoms with Crippen molar-refractivity contribution in [2.45, 2.75) is 27.0 Å². The van der Waals surface area contributed by atoms with Crippen molar-refractivity contribution < 1.29 is 14.3 Å². The summed E-state index contributed by atoms with van der Waals surface area (Å²) in [6, 6.07) is 22.5. The number of halogens is 1. The molecule has 6 nitrogen and oxygen atoms in total. The Kier molecular flexibility index (Phi) is 7.18. The Labute approximate surface area is 204 Å². The van der Waals surface area contributed by atoms with Crippen LogP contribution in [0.25, 0.3) is 0 Å². The smallest absolute Gasteiger partial charge is 0.255 e. The number of hydrogen-bond acceptors (Lipinski definition) is 4. The van der Waals surface area contributed by atoms with Crippen molar-refractivity contribution in [2.75, 3.05) is 12.4 Å². The molecule has 0 aliphatic carbocycles. The predicted molar refractivity (Wildman–Crippen MR) is 134 cm³/mol. The fourth-order valence-corrected chi connectivity index (χ4v) is 3.83. The molecule has 0 saturated carbocycles. The van der Waals surface area contributed by atoms with E-state index in [0.717, 1.165) is 39.7 Å². The first-order valence-corrected chi connectivity index (χ1v) is 11.3. The highest BCUT2D eigenvalue weighted by Crippen LogP contribution is 2.23. The van der Waals surface area contributed by atoms with E-state index in [1.165, 1.54) is 0 Å². The van der Waals surface area contributed by atoms with Gasteiger partial charge < -0.3 is 14.8 Å². The number of hydrogen-bond donors (Lipinski definition) is 1. The monoisotopic (exact) mass is 475 g/mol. The number of aryl methyl sites for hydroxylation is 1. The van der Waals surface area contributed by atoms with Crippen LogP contribution >= 0.6 is 11.6 Å². The normalized spacial score (nSPS) is 10.7. The molecule has 1 aromatic heterocycles. The number of aromatic nitrogens is 2. The fraction of sp³-hybridized carbons (Fsp3) is 0.185. The minimum atomic E-state index is -0.184. The van der Waals surface area contributed by atoms with Crippen molar-refractivity contribution in [1.82, 2.24) is 9.78 Å². The maximum Gasteiger partial charge on any atom is 0.255 e. The minimum Gasteiger partial charge on any atom is -0.497 e. The lowest BCUT2D eigenvalue weighted by Gasteiger charge is -2.09. The summed E-state index contributed by atoms with van der Waals surface area (Å²) in [6.45, 7) is 4.81. The van der Waals surface area contributed by atoms with Gasteiger partial charge in [0, 0.05) is 10.6 Å². The van der Waals surface area contributed by atoms with Gasteiger partial charge in [-0.25, -0.2) is 0 Å². The third kappa shape index (κ3) is 5.58. The second kappa shape index (κ2) is 10.4. The van der Waals surface area contributed by atoms with Crippen LogP contribution in [0.2, 0.25) is 5.02 Å². The number of carbonyl (C=O) groups excluding carboxylic acids is 1. The van der Waals surface area contributed by atoms with E-state index in [-0.39, 0.29) is 5.91 Å². The molecule has 0 saturated heterocycles. The van der Waals surface area contributed by atoms with Crippen LogP contribution in [0.4, 0.5) is 5.69 Å². The van der Waals surface area contributed by atoms with Crippen molar-refractivity contribution in [1.29, 1.82) is 0 Å². The number of amides is 1. The van der Waals surface area contributed by atoms with Crippen LogP contribution in [0.5, 0.6) is 11.5 Å². The molecule has 0 unspecified atom stereocenters. The molecule has 174 valence electrons. The number of nitrogens with one attached hydrogen (secondary N) is 1. The summed E-state index contributed by atoms with van der Waals surface area (Å²) < 4.78 is 12.8. The number of benzene rings is 3. The summed E-state index contributed by atoms with van der Waals surface area (Å²) in [4.78, 5) is 12.9. The zero-order valence-electron chi connectivity index (χ0n) is 19.3. The zero-order valence-corrected chi connectivity index (χ0v) is 20.1. The lowest BCUT2D eigenvalue weighted by atomic mass is 10.1. The van der Waals surface area contributed by atoms with Gasteiger partial charge in [-0.3, -0.25) is 9.48 Å². The molecule has 0 aliphatic heterocycles. The average molecular weight is 476 g/mol. The van der Waals surface area contributed by atoms with Crippen LogP contribution < -0.4 is 14.8 Å². The van der Waals surface area contributed by atoms with Gasteiger partial charge in [-0.2, -0.15) is 5.10 Å².